The van der Waals surface area contributed by atoms with Crippen LogP contribution >= 0.6 is 11.3 Å². The number of hydrogen-bond acceptors (Lipinski definition) is 3. The lowest BCUT2D eigenvalue weighted by atomic mass is 10.0. The summed E-state index contributed by atoms with van der Waals surface area (Å²) in [5, 5.41) is 1.93. The van der Waals surface area contributed by atoms with E-state index in [-0.39, 0.29) is 5.78 Å². The van der Waals surface area contributed by atoms with Crippen LogP contribution in [0.3, 0.4) is 0 Å². The number of benzene rings is 1. The molecule has 0 radical (unpaired) electrons. The standard InChI is InChI=1S/C13H12O2S/c1-9-12(6-7-16-9)13(14)10-4-3-5-11(8-10)15-2/h3-8H,1-2H3. The van der Waals surface area contributed by atoms with Gasteiger partial charge in [-0.15, -0.1) is 11.3 Å². The summed E-state index contributed by atoms with van der Waals surface area (Å²) in [6.07, 6.45) is 0. The van der Waals surface area contributed by atoms with Crippen LogP contribution in [0.2, 0.25) is 0 Å². The summed E-state index contributed by atoms with van der Waals surface area (Å²) in [5.41, 5.74) is 1.44. The summed E-state index contributed by atoms with van der Waals surface area (Å²) in [5.74, 6) is 0.761. The van der Waals surface area contributed by atoms with Gasteiger partial charge in [-0.2, -0.15) is 0 Å². The zero-order chi connectivity index (χ0) is 11.5. The highest BCUT2D eigenvalue weighted by molar-refractivity contribution is 7.10. The van der Waals surface area contributed by atoms with Crippen molar-refractivity contribution < 1.29 is 9.53 Å². The number of hydrogen-bond donors (Lipinski definition) is 0. The minimum Gasteiger partial charge on any atom is -0.497 e. The maximum absolute atomic E-state index is 12.1. The van der Waals surface area contributed by atoms with Crippen LogP contribution in [-0.4, -0.2) is 12.9 Å². The second-order valence-electron chi connectivity index (χ2n) is 3.45. The summed E-state index contributed by atoms with van der Waals surface area (Å²) in [7, 11) is 1.60. The van der Waals surface area contributed by atoms with E-state index in [1.54, 1.807) is 24.5 Å². The molecule has 0 unspecified atom stereocenters. The van der Waals surface area contributed by atoms with Gasteiger partial charge in [-0.3, -0.25) is 4.79 Å². The van der Waals surface area contributed by atoms with Crippen molar-refractivity contribution in [1.29, 1.82) is 0 Å². The molecular weight excluding hydrogens is 220 g/mol. The average molecular weight is 232 g/mol. The Bertz CT molecular complexity index is 514. The van der Waals surface area contributed by atoms with Crippen molar-refractivity contribution in [3.05, 3.63) is 51.7 Å². The number of thiophene rings is 1. The molecule has 1 heterocycles. The van der Waals surface area contributed by atoms with Gasteiger partial charge in [0.05, 0.1) is 7.11 Å². The topological polar surface area (TPSA) is 26.3 Å². The van der Waals surface area contributed by atoms with Gasteiger partial charge in [0.25, 0.3) is 0 Å². The highest BCUT2D eigenvalue weighted by atomic mass is 32.1. The predicted molar refractivity (Wildman–Crippen MR) is 65.5 cm³/mol. The monoisotopic (exact) mass is 232 g/mol. The van der Waals surface area contributed by atoms with E-state index in [1.807, 2.05) is 36.6 Å². The largest absolute Gasteiger partial charge is 0.497 e. The Morgan fingerprint density at radius 1 is 1.31 bits per heavy atom. The summed E-state index contributed by atoms with van der Waals surface area (Å²) in [6.45, 7) is 1.96. The Morgan fingerprint density at radius 2 is 2.12 bits per heavy atom. The van der Waals surface area contributed by atoms with Crippen molar-refractivity contribution in [2.75, 3.05) is 7.11 Å². The molecular formula is C13H12O2S. The van der Waals surface area contributed by atoms with Crippen molar-refractivity contribution in [1.82, 2.24) is 0 Å². The fourth-order valence-corrected chi connectivity index (χ4v) is 2.24. The zero-order valence-electron chi connectivity index (χ0n) is 9.19. The number of carbonyl (C=O) groups excluding carboxylic acids is 1. The van der Waals surface area contributed by atoms with Crippen molar-refractivity contribution >= 4 is 17.1 Å². The van der Waals surface area contributed by atoms with Gasteiger partial charge < -0.3 is 4.74 Å². The molecule has 0 N–H and O–H groups in total. The van der Waals surface area contributed by atoms with Gasteiger partial charge in [0.15, 0.2) is 5.78 Å². The summed E-state index contributed by atoms with van der Waals surface area (Å²) < 4.78 is 5.10. The van der Waals surface area contributed by atoms with Crippen molar-refractivity contribution in [3.63, 3.8) is 0 Å². The van der Waals surface area contributed by atoms with Gasteiger partial charge in [0.1, 0.15) is 5.75 Å². The van der Waals surface area contributed by atoms with E-state index in [0.29, 0.717) is 11.3 Å². The van der Waals surface area contributed by atoms with Crippen LogP contribution in [0.25, 0.3) is 0 Å². The molecule has 0 aliphatic rings. The van der Waals surface area contributed by atoms with Gasteiger partial charge in [-0.1, -0.05) is 12.1 Å². The maximum atomic E-state index is 12.1. The van der Waals surface area contributed by atoms with Gasteiger partial charge >= 0.3 is 0 Å². The Morgan fingerprint density at radius 3 is 2.75 bits per heavy atom. The molecule has 0 spiro atoms. The molecule has 2 aromatic rings. The van der Waals surface area contributed by atoms with Crippen LogP contribution in [-0.2, 0) is 0 Å². The van der Waals surface area contributed by atoms with Crippen molar-refractivity contribution in [2.45, 2.75) is 6.92 Å². The molecule has 0 atom stereocenters. The maximum Gasteiger partial charge on any atom is 0.194 e. The van der Waals surface area contributed by atoms with Crippen LogP contribution in [0.15, 0.2) is 35.7 Å². The third-order valence-electron chi connectivity index (χ3n) is 2.44. The van der Waals surface area contributed by atoms with Crippen LogP contribution < -0.4 is 4.74 Å². The Balaban J connectivity index is 2.38. The third kappa shape index (κ3) is 1.99. The molecule has 0 saturated carbocycles. The molecule has 16 heavy (non-hydrogen) atoms. The summed E-state index contributed by atoms with van der Waals surface area (Å²) in [6, 6.07) is 9.09. The van der Waals surface area contributed by atoms with Crippen LogP contribution in [0.1, 0.15) is 20.8 Å². The molecule has 1 aromatic carbocycles. The first kappa shape index (κ1) is 10.9. The summed E-state index contributed by atoms with van der Waals surface area (Å²) >= 11 is 1.59. The Labute approximate surface area is 98.5 Å². The lowest BCUT2D eigenvalue weighted by Gasteiger charge is -2.03. The number of carbonyl (C=O) groups is 1. The smallest absolute Gasteiger partial charge is 0.194 e. The molecule has 2 nitrogen and oxygen atoms in total. The first-order chi connectivity index (χ1) is 7.72. The van der Waals surface area contributed by atoms with E-state index in [2.05, 4.69) is 0 Å². The van der Waals surface area contributed by atoms with Gasteiger partial charge in [0.2, 0.25) is 0 Å². The molecule has 0 amide bonds. The minimum absolute atomic E-state index is 0.0534. The second kappa shape index (κ2) is 4.49. The number of ether oxygens (including phenoxy) is 1. The third-order valence-corrected chi connectivity index (χ3v) is 3.28. The SMILES string of the molecule is COc1cccc(C(=O)c2ccsc2C)c1. The second-order valence-corrected chi connectivity index (χ2v) is 4.57. The minimum atomic E-state index is 0.0534. The molecule has 0 aliphatic heterocycles. The molecule has 0 saturated heterocycles. The van der Waals surface area contributed by atoms with E-state index in [9.17, 15) is 4.79 Å². The van der Waals surface area contributed by atoms with E-state index in [0.717, 1.165) is 10.4 Å². The molecule has 0 bridgehead atoms. The van der Waals surface area contributed by atoms with Crippen LogP contribution in [0.5, 0.6) is 5.75 Å². The zero-order valence-corrected chi connectivity index (χ0v) is 10.0. The quantitative estimate of drug-likeness (QED) is 0.759. The molecule has 2 rings (SSSR count). The molecule has 0 fully saturated rings. The fraction of sp³-hybridized carbons (Fsp3) is 0.154. The first-order valence-corrected chi connectivity index (χ1v) is 5.83. The lowest BCUT2D eigenvalue weighted by Crippen LogP contribution is -2.01. The first-order valence-electron chi connectivity index (χ1n) is 4.95. The molecule has 0 aliphatic carbocycles. The number of ketones is 1. The molecule has 1 aromatic heterocycles. The molecule has 3 heteroatoms. The number of methoxy groups -OCH3 is 1. The lowest BCUT2D eigenvalue weighted by molar-refractivity contribution is 0.103. The van der Waals surface area contributed by atoms with Crippen LogP contribution in [0, 0.1) is 6.92 Å². The Hall–Kier alpha value is -1.61. The van der Waals surface area contributed by atoms with E-state index >= 15 is 0 Å². The van der Waals surface area contributed by atoms with E-state index < -0.39 is 0 Å². The van der Waals surface area contributed by atoms with E-state index in [1.165, 1.54) is 0 Å². The number of aryl methyl sites for hydroxylation is 1. The number of rotatable bonds is 3. The van der Waals surface area contributed by atoms with Crippen molar-refractivity contribution in [3.8, 4) is 5.75 Å². The van der Waals surface area contributed by atoms with Crippen molar-refractivity contribution in [2.24, 2.45) is 0 Å². The Kier molecular flexibility index (Phi) is 3.06. The fourth-order valence-electron chi connectivity index (χ4n) is 1.54. The highest BCUT2D eigenvalue weighted by Crippen LogP contribution is 2.21. The van der Waals surface area contributed by atoms with Crippen LogP contribution in [0.4, 0.5) is 0 Å². The van der Waals surface area contributed by atoms with Gasteiger partial charge in [-0.25, -0.2) is 0 Å². The van der Waals surface area contributed by atoms with E-state index in [4.69, 9.17) is 4.74 Å². The predicted octanol–water partition coefficient (Wildman–Crippen LogP) is 3.30. The summed E-state index contributed by atoms with van der Waals surface area (Å²) in [4.78, 5) is 13.2. The van der Waals surface area contributed by atoms with Gasteiger partial charge in [0, 0.05) is 16.0 Å². The highest BCUT2D eigenvalue weighted by Gasteiger charge is 2.12. The molecule has 82 valence electrons. The average Bonchev–Trinajstić information content (AvgIpc) is 2.74. The normalized spacial score (nSPS) is 10.1. The van der Waals surface area contributed by atoms with Gasteiger partial charge in [-0.05, 0) is 30.5 Å².